The molecule has 0 saturated heterocycles. The van der Waals surface area contributed by atoms with Crippen molar-refractivity contribution in [1.82, 2.24) is 10.1 Å². The number of benzene rings is 1. The highest BCUT2D eigenvalue weighted by atomic mass is 32.2. The van der Waals surface area contributed by atoms with Crippen molar-refractivity contribution >= 4 is 17.4 Å². The molecule has 102 valence electrons. The Balaban J connectivity index is 2.17. The lowest BCUT2D eigenvalue weighted by atomic mass is 10.1. The predicted octanol–water partition coefficient (Wildman–Crippen LogP) is 3.66. The SMILES string of the molecule is CCC(C)SCc1noc(-c2c(C)cccc2N)n1. The number of aromatic nitrogens is 2. The van der Waals surface area contributed by atoms with E-state index in [1.54, 1.807) is 0 Å². The summed E-state index contributed by atoms with van der Waals surface area (Å²) < 4.78 is 5.32. The van der Waals surface area contributed by atoms with Gasteiger partial charge in [0, 0.05) is 10.9 Å². The maximum absolute atomic E-state index is 5.97. The molecule has 5 heteroatoms. The molecule has 2 N–H and O–H groups in total. The van der Waals surface area contributed by atoms with Crippen molar-refractivity contribution in [3.63, 3.8) is 0 Å². The minimum Gasteiger partial charge on any atom is -0.398 e. The number of anilines is 1. The second-order valence-electron chi connectivity index (χ2n) is 4.58. The monoisotopic (exact) mass is 277 g/mol. The molecule has 0 amide bonds. The fourth-order valence-electron chi connectivity index (χ4n) is 1.73. The third-order valence-corrected chi connectivity index (χ3v) is 4.39. The molecule has 0 saturated carbocycles. The van der Waals surface area contributed by atoms with Crippen molar-refractivity contribution in [3.05, 3.63) is 29.6 Å². The largest absolute Gasteiger partial charge is 0.398 e. The Morgan fingerprint density at radius 3 is 2.89 bits per heavy atom. The molecular weight excluding hydrogens is 258 g/mol. The van der Waals surface area contributed by atoms with Crippen molar-refractivity contribution in [2.24, 2.45) is 0 Å². The first-order chi connectivity index (χ1) is 9.11. The van der Waals surface area contributed by atoms with Crippen LogP contribution in [-0.2, 0) is 5.75 Å². The van der Waals surface area contributed by atoms with Gasteiger partial charge in [-0.3, -0.25) is 0 Å². The van der Waals surface area contributed by atoms with E-state index in [0.29, 0.717) is 16.8 Å². The Kier molecular flexibility index (Phi) is 4.47. The summed E-state index contributed by atoms with van der Waals surface area (Å²) >= 11 is 1.83. The highest BCUT2D eigenvalue weighted by Crippen LogP contribution is 2.28. The Morgan fingerprint density at radius 1 is 1.42 bits per heavy atom. The fraction of sp³-hybridized carbons (Fsp3) is 0.429. The molecule has 2 aromatic rings. The van der Waals surface area contributed by atoms with Crippen LogP contribution in [-0.4, -0.2) is 15.4 Å². The first-order valence-electron chi connectivity index (χ1n) is 6.41. The minimum absolute atomic E-state index is 0.510. The van der Waals surface area contributed by atoms with Crippen LogP contribution >= 0.6 is 11.8 Å². The van der Waals surface area contributed by atoms with Crippen LogP contribution in [0.4, 0.5) is 5.69 Å². The number of aryl methyl sites for hydroxylation is 1. The molecule has 1 aromatic heterocycles. The van der Waals surface area contributed by atoms with Gasteiger partial charge in [-0.2, -0.15) is 16.7 Å². The number of hydrogen-bond donors (Lipinski definition) is 1. The zero-order chi connectivity index (χ0) is 13.8. The molecule has 1 unspecified atom stereocenters. The maximum Gasteiger partial charge on any atom is 0.260 e. The molecule has 1 heterocycles. The second kappa shape index (κ2) is 6.10. The summed E-state index contributed by atoms with van der Waals surface area (Å²) in [6, 6.07) is 5.76. The number of rotatable bonds is 5. The van der Waals surface area contributed by atoms with Gasteiger partial charge in [0.15, 0.2) is 5.82 Å². The van der Waals surface area contributed by atoms with E-state index in [9.17, 15) is 0 Å². The number of thioether (sulfide) groups is 1. The molecule has 0 aliphatic rings. The van der Waals surface area contributed by atoms with Gasteiger partial charge < -0.3 is 10.3 Å². The molecule has 4 nitrogen and oxygen atoms in total. The van der Waals surface area contributed by atoms with Crippen molar-refractivity contribution in [2.45, 2.75) is 38.2 Å². The standard InChI is InChI=1S/C14H19N3OS/c1-4-10(3)19-8-12-16-14(18-17-12)13-9(2)6-5-7-11(13)15/h5-7,10H,4,8,15H2,1-3H3. The summed E-state index contributed by atoms with van der Waals surface area (Å²) in [6.07, 6.45) is 1.14. The summed E-state index contributed by atoms with van der Waals surface area (Å²) in [5.74, 6) is 2.00. The zero-order valence-corrected chi connectivity index (χ0v) is 12.3. The number of nitrogen functional groups attached to an aromatic ring is 1. The summed E-state index contributed by atoms with van der Waals surface area (Å²) in [4.78, 5) is 4.43. The van der Waals surface area contributed by atoms with E-state index in [4.69, 9.17) is 10.3 Å². The quantitative estimate of drug-likeness (QED) is 0.845. The summed E-state index contributed by atoms with van der Waals surface area (Å²) in [5, 5.41) is 4.62. The van der Waals surface area contributed by atoms with Crippen LogP contribution in [0.15, 0.2) is 22.7 Å². The van der Waals surface area contributed by atoms with Crippen LogP contribution in [0.1, 0.15) is 31.7 Å². The van der Waals surface area contributed by atoms with E-state index in [1.807, 2.05) is 36.9 Å². The molecule has 0 fully saturated rings. The smallest absolute Gasteiger partial charge is 0.260 e. The first-order valence-corrected chi connectivity index (χ1v) is 7.46. The molecule has 1 aromatic carbocycles. The van der Waals surface area contributed by atoms with Gasteiger partial charge in [0.05, 0.1) is 11.3 Å². The zero-order valence-electron chi connectivity index (χ0n) is 11.5. The van der Waals surface area contributed by atoms with Gasteiger partial charge in [0.25, 0.3) is 5.89 Å². The third kappa shape index (κ3) is 3.29. The van der Waals surface area contributed by atoms with Crippen molar-refractivity contribution < 1.29 is 4.52 Å². The normalized spacial score (nSPS) is 12.6. The van der Waals surface area contributed by atoms with Gasteiger partial charge in [0.2, 0.25) is 0 Å². The van der Waals surface area contributed by atoms with E-state index < -0.39 is 0 Å². The number of nitrogens with two attached hydrogens (primary N) is 1. The van der Waals surface area contributed by atoms with Gasteiger partial charge >= 0.3 is 0 Å². The fourth-order valence-corrected chi connectivity index (χ4v) is 2.52. The third-order valence-electron chi connectivity index (χ3n) is 3.06. The van der Waals surface area contributed by atoms with Gasteiger partial charge in [-0.05, 0) is 25.0 Å². The van der Waals surface area contributed by atoms with Crippen molar-refractivity contribution in [1.29, 1.82) is 0 Å². The Bertz CT molecular complexity index is 533. The predicted molar refractivity (Wildman–Crippen MR) is 79.9 cm³/mol. The molecule has 2 rings (SSSR count). The van der Waals surface area contributed by atoms with Crippen LogP contribution in [0.5, 0.6) is 0 Å². The van der Waals surface area contributed by atoms with Crippen molar-refractivity contribution in [3.8, 4) is 11.5 Å². The lowest BCUT2D eigenvalue weighted by Gasteiger charge is -2.04. The second-order valence-corrected chi connectivity index (χ2v) is 6.01. The summed E-state index contributed by atoms with van der Waals surface area (Å²) in [6.45, 7) is 6.36. The van der Waals surface area contributed by atoms with E-state index in [-0.39, 0.29) is 0 Å². The highest BCUT2D eigenvalue weighted by Gasteiger charge is 2.14. The molecule has 0 aliphatic heterocycles. The van der Waals surface area contributed by atoms with Gasteiger partial charge in [-0.1, -0.05) is 31.1 Å². The van der Waals surface area contributed by atoms with Gasteiger partial charge in [-0.25, -0.2) is 0 Å². The average molecular weight is 277 g/mol. The van der Waals surface area contributed by atoms with Crippen molar-refractivity contribution in [2.75, 3.05) is 5.73 Å². The van der Waals surface area contributed by atoms with E-state index in [0.717, 1.165) is 29.1 Å². The number of hydrogen-bond acceptors (Lipinski definition) is 5. The molecule has 0 aliphatic carbocycles. The molecule has 1 atom stereocenters. The lowest BCUT2D eigenvalue weighted by molar-refractivity contribution is 0.425. The van der Waals surface area contributed by atoms with Gasteiger partial charge in [-0.15, -0.1) is 0 Å². The van der Waals surface area contributed by atoms with Crippen LogP contribution in [0.25, 0.3) is 11.5 Å². The van der Waals surface area contributed by atoms with E-state index in [1.165, 1.54) is 0 Å². The molecule has 0 bridgehead atoms. The molecule has 19 heavy (non-hydrogen) atoms. The van der Waals surface area contributed by atoms with Crippen LogP contribution < -0.4 is 5.73 Å². The maximum atomic E-state index is 5.97. The Morgan fingerprint density at radius 2 is 2.21 bits per heavy atom. The lowest BCUT2D eigenvalue weighted by Crippen LogP contribution is -1.95. The summed E-state index contributed by atoms with van der Waals surface area (Å²) in [7, 11) is 0. The first kappa shape index (κ1) is 13.9. The van der Waals surface area contributed by atoms with E-state index in [2.05, 4.69) is 24.0 Å². The van der Waals surface area contributed by atoms with Gasteiger partial charge in [0.1, 0.15) is 0 Å². The Labute approximate surface area is 117 Å². The summed E-state index contributed by atoms with van der Waals surface area (Å²) in [5.41, 5.74) is 8.53. The van der Waals surface area contributed by atoms with E-state index >= 15 is 0 Å². The molecule has 0 radical (unpaired) electrons. The van der Waals surface area contributed by atoms with Crippen LogP contribution in [0.3, 0.4) is 0 Å². The average Bonchev–Trinajstić information content (AvgIpc) is 2.84. The molecular formula is C14H19N3OS. The topological polar surface area (TPSA) is 64.9 Å². The highest BCUT2D eigenvalue weighted by molar-refractivity contribution is 7.99. The minimum atomic E-state index is 0.510. The molecule has 0 spiro atoms. The van der Waals surface area contributed by atoms with Crippen LogP contribution in [0.2, 0.25) is 0 Å². The van der Waals surface area contributed by atoms with Crippen LogP contribution in [0, 0.1) is 6.92 Å². The Hall–Kier alpha value is -1.49. The number of nitrogens with zero attached hydrogens (tertiary/aromatic N) is 2.